The highest BCUT2D eigenvalue weighted by Crippen LogP contribution is 2.64. The third kappa shape index (κ3) is 6.98. The van der Waals surface area contributed by atoms with Gasteiger partial charge in [0.25, 0.3) is 0 Å². The number of hydrogen-bond donors (Lipinski definition) is 5. The molecule has 280 valence electrons. The number of rotatable bonds is 14. The molecule has 2 fully saturated rings. The van der Waals surface area contributed by atoms with Crippen LogP contribution < -0.4 is 42.0 Å². The maximum Gasteiger partial charge on any atom is 0.415 e. The number of amides is 3. The molecule has 1 saturated carbocycles. The summed E-state index contributed by atoms with van der Waals surface area (Å²) in [5.41, 5.74) is 19.4. The van der Waals surface area contributed by atoms with Gasteiger partial charge in [-0.1, -0.05) is 6.07 Å². The van der Waals surface area contributed by atoms with Crippen LogP contribution >= 0.6 is 0 Å². The number of hydrogen-bond acceptors (Lipinski definition) is 9. The van der Waals surface area contributed by atoms with Crippen LogP contribution in [0, 0.1) is 5.92 Å². The van der Waals surface area contributed by atoms with Crippen LogP contribution in [0.4, 0.5) is 4.79 Å². The number of carbonyl (C=O) groups excluding carboxylic acids is 4. The third-order valence-electron chi connectivity index (χ3n) is 11.5. The normalized spacial score (nSPS) is 25.5. The number of likely N-dealkylation sites (N-methyl/N-ethyl adjacent to an activating group) is 2. The average Bonchev–Trinajstić information content (AvgIpc) is 3.48. The van der Waals surface area contributed by atoms with E-state index in [9.17, 15) is 19.2 Å². The number of nitrogens with two attached hydrogens (primary N) is 3. The quantitative estimate of drug-likeness (QED) is 0.0798. The number of methoxy groups -OCH3 is 1. The Bertz CT molecular complexity index is 1730. The van der Waals surface area contributed by atoms with Crippen LogP contribution in [0.3, 0.4) is 0 Å². The number of aliphatic imine (C=N–C) groups is 1. The number of piperidine rings is 1. The SMILES string of the molecule is COc1ccc2c3c1OC1C(=O)CCC4C(C2)[N+](C)(Cc2ccc(OC(=O)N(C)CCNC(=O)[C@H](CCCN=C(N)N)NC(=O)CN)cc2)CCC314. The summed E-state index contributed by atoms with van der Waals surface area (Å²) < 4.78 is 18.6. The van der Waals surface area contributed by atoms with E-state index in [1.54, 1.807) is 14.2 Å². The highest BCUT2D eigenvalue weighted by atomic mass is 16.6. The van der Waals surface area contributed by atoms with Crippen LogP contribution in [-0.4, -0.2) is 111 Å². The predicted octanol–water partition coefficient (Wildman–Crippen LogP) is 0.692. The van der Waals surface area contributed by atoms with Crippen LogP contribution in [0.1, 0.15) is 48.8 Å². The number of nitrogens with one attached hydrogen (secondary N) is 2. The van der Waals surface area contributed by atoms with Gasteiger partial charge < -0.3 is 51.4 Å². The number of benzene rings is 2. The summed E-state index contributed by atoms with van der Waals surface area (Å²) in [6, 6.07) is 11.3. The summed E-state index contributed by atoms with van der Waals surface area (Å²) in [5, 5.41) is 5.35. The molecule has 15 heteroatoms. The van der Waals surface area contributed by atoms with Crippen LogP contribution in [0.25, 0.3) is 0 Å². The Hall–Kier alpha value is -4.89. The fourth-order valence-electron chi connectivity index (χ4n) is 8.98. The zero-order chi connectivity index (χ0) is 37.2. The molecule has 0 radical (unpaired) electrons. The summed E-state index contributed by atoms with van der Waals surface area (Å²) in [5.74, 6) is 1.52. The van der Waals surface area contributed by atoms with Gasteiger partial charge in [0, 0.05) is 63.0 Å². The molecular formula is C37H51N8O7+. The van der Waals surface area contributed by atoms with Crippen molar-refractivity contribution in [2.24, 2.45) is 28.1 Å². The van der Waals surface area contributed by atoms with E-state index in [4.69, 9.17) is 31.4 Å². The van der Waals surface area contributed by atoms with E-state index < -0.39 is 30.1 Å². The molecule has 1 spiro atoms. The molecule has 6 rings (SSSR count). The zero-order valence-corrected chi connectivity index (χ0v) is 30.2. The summed E-state index contributed by atoms with van der Waals surface area (Å²) in [4.78, 5) is 56.1. The Morgan fingerprint density at radius 1 is 1.17 bits per heavy atom. The second-order valence-corrected chi connectivity index (χ2v) is 14.7. The number of quaternary nitrogens is 1. The maximum absolute atomic E-state index is 13.3. The van der Waals surface area contributed by atoms with Crippen LogP contribution in [0.15, 0.2) is 41.4 Å². The molecule has 0 aromatic heterocycles. The number of ether oxygens (including phenoxy) is 3. The number of ketones is 1. The molecule has 2 heterocycles. The topological polar surface area (TPSA) is 214 Å². The molecule has 3 amide bonds. The summed E-state index contributed by atoms with van der Waals surface area (Å²) in [7, 11) is 5.57. The zero-order valence-electron chi connectivity index (χ0n) is 30.2. The molecule has 2 bridgehead atoms. The molecule has 2 aromatic carbocycles. The third-order valence-corrected chi connectivity index (χ3v) is 11.5. The molecule has 4 aliphatic rings. The Morgan fingerprint density at radius 3 is 2.65 bits per heavy atom. The van der Waals surface area contributed by atoms with Gasteiger partial charge in [-0.15, -0.1) is 0 Å². The van der Waals surface area contributed by atoms with Crippen molar-refractivity contribution in [3.8, 4) is 17.2 Å². The summed E-state index contributed by atoms with van der Waals surface area (Å²) >= 11 is 0. The number of carbonyl (C=O) groups is 4. The van der Waals surface area contributed by atoms with Crippen LogP contribution in [0.5, 0.6) is 17.2 Å². The molecule has 15 nitrogen and oxygen atoms in total. The molecule has 52 heavy (non-hydrogen) atoms. The van der Waals surface area contributed by atoms with Crippen molar-refractivity contribution in [1.82, 2.24) is 15.5 Å². The highest BCUT2D eigenvalue weighted by molar-refractivity contribution is 5.89. The number of nitrogens with zero attached hydrogens (tertiary/aromatic N) is 3. The lowest BCUT2D eigenvalue weighted by molar-refractivity contribution is -0.957. The van der Waals surface area contributed by atoms with Gasteiger partial charge in [0.05, 0.1) is 38.7 Å². The highest BCUT2D eigenvalue weighted by Gasteiger charge is 2.69. The monoisotopic (exact) mass is 719 g/mol. The number of Topliss-reactive ketones (excluding diaryl/α,β-unsaturated/α-hetero) is 1. The molecule has 2 aromatic rings. The lowest BCUT2D eigenvalue weighted by Crippen LogP contribution is -2.71. The lowest BCUT2D eigenvalue weighted by Gasteiger charge is -2.60. The van der Waals surface area contributed by atoms with Crippen molar-refractivity contribution >= 4 is 29.7 Å². The first kappa shape index (κ1) is 36.9. The van der Waals surface area contributed by atoms with Gasteiger partial charge in [-0.2, -0.15) is 0 Å². The second kappa shape index (κ2) is 15.0. The minimum atomic E-state index is -0.817. The molecule has 2 aliphatic heterocycles. The van der Waals surface area contributed by atoms with Gasteiger partial charge >= 0.3 is 6.09 Å². The maximum atomic E-state index is 13.3. The van der Waals surface area contributed by atoms with E-state index in [1.807, 2.05) is 30.3 Å². The summed E-state index contributed by atoms with van der Waals surface area (Å²) in [6.45, 7) is 2.12. The van der Waals surface area contributed by atoms with Gasteiger partial charge in [-0.3, -0.25) is 19.4 Å². The molecule has 6 atom stereocenters. The summed E-state index contributed by atoms with van der Waals surface area (Å²) in [6.07, 6.45) is 2.97. The molecule has 1 saturated heterocycles. The van der Waals surface area contributed by atoms with Gasteiger partial charge in [0.1, 0.15) is 18.3 Å². The van der Waals surface area contributed by atoms with E-state index in [1.165, 1.54) is 16.0 Å². The number of likely N-dealkylation sites (tertiary alicyclic amines) is 1. The van der Waals surface area contributed by atoms with E-state index in [-0.39, 0.29) is 36.8 Å². The smallest absolute Gasteiger partial charge is 0.415 e. The largest absolute Gasteiger partial charge is 0.493 e. The van der Waals surface area contributed by atoms with Crippen molar-refractivity contribution in [3.05, 3.63) is 53.1 Å². The lowest BCUT2D eigenvalue weighted by atomic mass is 9.51. The predicted molar refractivity (Wildman–Crippen MR) is 193 cm³/mol. The van der Waals surface area contributed by atoms with Crippen LogP contribution in [-0.2, 0) is 32.8 Å². The van der Waals surface area contributed by atoms with Gasteiger partial charge in [-0.05, 0) is 55.2 Å². The van der Waals surface area contributed by atoms with Crippen molar-refractivity contribution in [3.63, 3.8) is 0 Å². The second-order valence-electron chi connectivity index (χ2n) is 14.7. The Balaban J connectivity index is 1.04. The minimum Gasteiger partial charge on any atom is -0.493 e. The van der Waals surface area contributed by atoms with Gasteiger partial charge in [0.2, 0.25) is 11.8 Å². The Morgan fingerprint density at radius 2 is 1.94 bits per heavy atom. The van der Waals surface area contributed by atoms with E-state index in [0.717, 1.165) is 48.1 Å². The van der Waals surface area contributed by atoms with E-state index >= 15 is 0 Å². The molecule has 5 unspecified atom stereocenters. The van der Waals surface area contributed by atoms with Crippen molar-refractivity contribution < 1.29 is 37.9 Å². The standard InChI is InChI=1S/C37H50N8O7/c1-44(17-16-41-34(48)26(43-30(47)20-38)5-4-15-42-35(39)40)36(49)51-24-9-6-22(7-10-24)21-45(2)18-14-37-25-11-12-28(46)33(37)52-32-29(50-3)13-8-23(31(32)37)19-27(25)45/h6-10,13,25-27,33H,4-5,11-12,14-21,38H2,1-3H3,(H5-,39,40,41,42,43,47,48)/p+1/t25?,26-,27?,33?,37?,45?/m0/s1. The van der Waals surface area contributed by atoms with E-state index in [0.29, 0.717) is 49.3 Å². The minimum absolute atomic E-state index is 0.0493. The molecule has 2 aliphatic carbocycles. The van der Waals surface area contributed by atoms with Crippen LogP contribution in [0.2, 0.25) is 0 Å². The fraction of sp³-hybridized carbons (Fsp3) is 0.541. The average molecular weight is 720 g/mol. The van der Waals surface area contributed by atoms with Crippen molar-refractivity contribution in [1.29, 1.82) is 0 Å². The number of guanidine groups is 1. The first-order valence-corrected chi connectivity index (χ1v) is 18.0. The molecule has 8 N–H and O–H groups in total. The first-order valence-electron chi connectivity index (χ1n) is 18.0. The van der Waals surface area contributed by atoms with E-state index in [2.05, 4.69) is 28.7 Å². The van der Waals surface area contributed by atoms with Crippen molar-refractivity contribution in [2.45, 2.75) is 68.7 Å². The Kier molecular flexibility index (Phi) is 10.6. The van der Waals surface area contributed by atoms with Gasteiger partial charge in [0.15, 0.2) is 29.3 Å². The van der Waals surface area contributed by atoms with Crippen molar-refractivity contribution in [2.75, 3.05) is 53.9 Å². The fourth-order valence-corrected chi connectivity index (χ4v) is 8.98. The Labute approximate surface area is 303 Å². The first-order chi connectivity index (χ1) is 24.9. The molecular weight excluding hydrogens is 668 g/mol. The van der Waals surface area contributed by atoms with Gasteiger partial charge in [-0.25, -0.2) is 4.79 Å².